The minimum Gasteiger partial charge on any atom is -0.394 e. The summed E-state index contributed by atoms with van der Waals surface area (Å²) in [7, 11) is 0. The zero-order valence-corrected chi connectivity index (χ0v) is 13.5. The summed E-state index contributed by atoms with van der Waals surface area (Å²) in [6.07, 6.45) is -3.83. The molecule has 1 aromatic rings. The smallest absolute Gasteiger partial charge is 0.292 e. The van der Waals surface area contributed by atoms with Crippen LogP contribution in [0.4, 0.5) is 11.4 Å². The molecule has 0 heterocycles. The van der Waals surface area contributed by atoms with Crippen molar-refractivity contribution >= 4 is 27.3 Å². The largest absolute Gasteiger partial charge is 0.394 e. The first kappa shape index (κ1) is 18.8. The molecule has 0 saturated heterocycles. The van der Waals surface area contributed by atoms with Crippen molar-refractivity contribution < 1.29 is 25.3 Å². The molecule has 1 aromatic carbocycles. The van der Waals surface area contributed by atoms with Gasteiger partial charge in [-0.15, -0.1) is 0 Å². The van der Waals surface area contributed by atoms with Gasteiger partial charge >= 0.3 is 0 Å². The van der Waals surface area contributed by atoms with Crippen LogP contribution >= 0.6 is 15.9 Å². The highest BCUT2D eigenvalue weighted by Gasteiger charge is 2.25. The average Bonchev–Trinajstić information content (AvgIpc) is 2.50. The van der Waals surface area contributed by atoms with E-state index in [-0.39, 0.29) is 17.9 Å². The Kier molecular flexibility index (Phi) is 7.17. The summed E-state index contributed by atoms with van der Waals surface area (Å²) in [6, 6.07) is 2.95. The van der Waals surface area contributed by atoms with Crippen molar-refractivity contribution in [2.45, 2.75) is 31.7 Å². The van der Waals surface area contributed by atoms with Gasteiger partial charge in [-0.05, 0) is 18.1 Å². The van der Waals surface area contributed by atoms with E-state index >= 15 is 0 Å². The predicted molar refractivity (Wildman–Crippen MR) is 83.8 cm³/mol. The van der Waals surface area contributed by atoms with E-state index in [1.807, 2.05) is 6.92 Å². The first-order valence-corrected chi connectivity index (χ1v) is 7.46. The van der Waals surface area contributed by atoms with E-state index in [4.69, 9.17) is 5.11 Å². The second-order valence-electron chi connectivity index (χ2n) is 4.76. The molecule has 0 fully saturated rings. The van der Waals surface area contributed by atoms with Crippen LogP contribution in [-0.4, -0.2) is 56.8 Å². The standard InChI is InChI=1S/C13H19BrN2O6/c1-2-7-3-10(16(21)22)9(4-8(7)14)15-5-11(18)13(20)12(19)6-17/h3-4,11-13,15,17-20H,2,5-6H2,1H3/t11-,12-,13-/m0/s1. The van der Waals surface area contributed by atoms with Crippen molar-refractivity contribution in [2.75, 3.05) is 18.5 Å². The van der Waals surface area contributed by atoms with Crippen LogP contribution in [0.5, 0.6) is 0 Å². The molecule has 0 aliphatic heterocycles. The lowest BCUT2D eigenvalue weighted by Crippen LogP contribution is -2.42. The molecule has 0 saturated carbocycles. The third kappa shape index (κ3) is 4.62. The Morgan fingerprint density at radius 2 is 1.95 bits per heavy atom. The highest BCUT2D eigenvalue weighted by Crippen LogP contribution is 2.31. The van der Waals surface area contributed by atoms with Gasteiger partial charge in [0, 0.05) is 17.1 Å². The number of anilines is 1. The van der Waals surface area contributed by atoms with Crippen molar-refractivity contribution in [1.29, 1.82) is 0 Å². The molecule has 22 heavy (non-hydrogen) atoms. The third-order valence-electron chi connectivity index (χ3n) is 3.22. The van der Waals surface area contributed by atoms with Crippen molar-refractivity contribution in [1.82, 2.24) is 0 Å². The number of nitro benzene ring substituents is 1. The fourth-order valence-electron chi connectivity index (χ4n) is 1.87. The summed E-state index contributed by atoms with van der Waals surface area (Å²) in [5.74, 6) is 0. The number of nitrogens with zero attached hydrogens (tertiary/aromatic N) is 1. The maximum Gasteiger partial charge on any atom is 0.292 e. The molecular weight excluding hydrogens is 360 g/mol. The van der Waals surface area contributed by atoms with Crippen molar-refractivity contribution in [3.63, 3.8) is 0 Å². The minimum absolute atomic E-state index is 0.149. The Morgan fingerprint density at radius 1 is 1.32 bits per heavy atom. The summed E-state index contributed by atoms with van der Waals surface area (Å²) in [6.45, 7) is 0.944. The molecule has 0 amide bonds. The first-order chi connectivity index (χ1) is 10.3. The number of hydrogen-bond acceptors (Lipinski definition) is 7. The molecule has 0 bridgehead atoms. The summed E-state index contributed by atoms with van der Waals surface area (Å²) >= 11 is 3.31. The summed E-state index contributed by atoms with van der Waals surface area (Å²) in [5.41, 5.74) is 0.803. The Morgan fingerprint density at radius 3 is 2.45 bits per heavy atom. The second-order valence-corrected chi connectivity index (χ2v) is 5.61. The Hall–Kier alpha value is -1.26. The van der Waals surface area contributed by atoms with Crippen molar-refractivity contribution in [3.8, 4) is 0 Å². The highest BCUT2D eigenvalue weighted by molar-refractivity contribution is 9.10. The van der Waals surface area contributed by atoms with Gasteiger partial charge < -0.3 is 25.7 Å². The lowest BCUT2D eigenvalue weighted by Gasteiger charge is -2.22. The molecule has 0 aliphatic carbocycles. The Labute approximate surface area is 135 Å². The van der Waals surface area contributed by atoms with Gasteiger partial charge in [-0.2, -0.15) is 0 Å². The van der Waals surface area contributed by atoms with Gasteiger partial charge in [-0.25, -0.2) is 0 Å². The zero-order valence-electron chi connectivity index (χ0n) is 11.9. The topological polar surface area (TPSA) is 136 Å². The van der Waals surface area contributed by atoms with Crippen LogP contribution in [0.3, 0.4) is 0 Å². The summed E-state index contributed by atoms with van der Waals surface area (Å²) < 4.78 is 0.688. The normalized spacial score (nSPS) is 15.2. The van der Waals surface area contributed by atoms with E-state index in [1.54, 1.807) is 0 Å². The number of nitrogens with one attached hydrogen (secondary N) is 1. The number of aliphatic hydroxyl groups excluding tert-OH is 4. The van der Waals surface area contributed by atoms with Crippen molar-refractivity contribution in [3.05, 3.63) is 32.3 Å². The maximum atomic E-state index is 11.1. The lowest BCUT2D eigenvalue weighted by molar-refractivity contribution is -0.384. The van der Waals surface area contributed by atoms with Gasteiger partial charge in [0.15, 0.2) is 0 Å². The fraction of sp³-hybridized carbons (Fsp3) is 0.538. The number of hydrogen-bond donors (Lipinski definition) is 5. The molecule has 0 aliphatic rings. The fourth-order valence-corrected chi connectivity index (χ4v) is 2.49. The number of benzene rings is 1. The van der Waals surface area contributed by atoms with Crippen LogP contribution < -0.4 is 5.32 Å². The quantitative estimate of drug-likeness (QED) is 0.326. The summed E-state index contributed by atoms with van der Waals surface area (Å²) in [4.78, 5) is 10.6. The molecular formula is C13H19BrN2O6. The summed E-state index contributed by atoms with van der Waals surface area (Å²) in [5, 5.41) is 51.0. The molecule has 124 valence electrons. The van der Waals surface area contributed by atoms with E-state index in [0.29, 0.717) is 10.9 Å². The monoisotopic (exact) mass is 378 g/mol. The van der Waals surface area contributed by atoms with E-state index < -0.39 is 29.8 Å². The molecule has 0 spiro atoms. The van der Waals surface area contributed by atoms with E-state index in [9.17, 15) is 25.4 Å². The van der Waals surface area contributed by atoms with E-state index in [1.165, 1.54) is 12.1 Å². The number of aryl methyl sites for hydroxylation is 1. The van der Waals surface area contributed by atoms with Crippen LogP contribution in [0.25, 0.3) is 0 Å². The van der Waals surface area contributed by atoms with E-state index in [2.05, 4.69) is 21.2 Å². The maximum absolute atomic E-state index is 11.1. The highest BCUT2D eigenvalue weighted by atomic mass is 79.9. The van der Waals surface area contributed by atoms with Gasteiger partial charge in [0.2, 0.25) is 0 Å². The molecule has 1 rings (SSSR count). The molecule has 8 nitrogen and oxygen atoms in total. The predicted octanol–water partition coefficient (Wildman–Crippen LogP) is 0.407. The van der Waals surface area contributed by atoms with Crippen molar-refractivity contribution in [2.24, 2.45) is 0 Å². The van der Waals surface area contributed by atoms with Crippen LogP contribution in [0.15, 0.2) is 16.6 Å². The first-order valence-electron chi connectivity index (χ1n) is 6.67. The van der Waals surface area contributed by atoms with Crippen LogP contribution in [0, 0.1) is 10.1 Å². The second kappa shape index (κ2) is 8.39. The Bertz CT molecular complexity index is 527. The number of aliphatic hydroxyl groups is 4. The molecule has 0 radical (unpaired) electrons. The van der Waals surface area contributed by atoms with Gasteiger partial charge in [-0.1, -0.05) is 22.9 Å². The number of rotatable bonds is 8. The zero-order chi connectivity index (χ0) is 16.9. The molecule has 0 aromatic heterocycles. The van der Waals surface area contributed by atoms with Crippen LogP contribution in [-0.2, 0) is 6.42 Å². The Balaban J connectivity index is 2.89. The lowest BCUT2D eigenvalue weighted by atomic mass is 10.1. The van der Waals surface area contributed by atoms with Gasteiger partial charge in [0.05, 0.1) is 17.6 Å². The molecule has 5 N–H and O–H groups in total. The van der Waals surface area contributed by atoms with Crippen LogP contribution in [0.1, 0.15) is 12.5 Å². The van der Waals surface area contributed by atoms with Gasteiger partial charge in [0.1, 0.15) is 17.9 Å². The molecule has 0 unspecified atom stereocenters. The molecule has 9 heteroatoms. The van der Waals surface area contributed by atoms with Gasteiger partial charge in [0.25, 0.3) is 5.69 Å². The van der Waals surface area contributed by atoms with Gasteiger partial charge in [-0.3, -0.25) is 10.1 Å². The van der Waals surface area contributed by atoms with Crippen LogP contribution in [0.2, 0.25) is 0 Å². The number of halogens is 1. The average molecular weight is 379 g/mol. The number of nitro groups is 1. The van der Waals surface area contributed by atoms with E-state index in [0.717, 1.165) is 5.56 Å². The SMILES string of the molecule is CCc1cc([N+](=O)[O-])c(NC[C@H](O)[C@H](O)[C@@H](O)CO)cc1Br. The minimum atomic E-state index is -1.56. The molecule has 3 atom stereocenters. The third-order valence-corrected chi connectivity index (χ3v) is 3.96.